The summed E-state index contributed by atoms with van der Waals surface area (Å²) in [6.07, 6.45) is -0.352. The third-order valence-corrected chi connectivity index (χ3v) is 5.96. The van der Waals surface area contributed by atoms with Crippen molar-refractivity contribution in [2.24, 2.45) is 0 Å². The lowest BCUT2D eigenvalue weighted by Crippen LogP contribution is -2.41. The van der Waals surface area contributed by atoms with Crippen LogP contribution in [0.5, 0.6) is 5.75 Å². The summed E-state index contributed by atoms with van der Waals surface area (Å²) >= 11 is 0. The van der Waals surface area contributed by atoms with E-state index >= 15 is 0 Å². The molecule has 1 saturated heterocycles. The molecule has 0 spiro atoms. The van der Waals surface area contributed by atoms with Crippen molar-refractivity contribution in [3.8, 4) is 5.75 Å². The number of benzene rings is 1. The Morgan fingerprint density at radius 2 is 2.00 bits per heavy atom. The van der Waals surface area contributed by atoms with Gasteiger partial charge in [0.25, 0.3) is 5.91 Å². The second kappa shape index (κ2) is 6.92. The number of nitrogens with one attached hydrogen (secondary N) is 2. The predicted octanol–water partition coefficient (Wildman–Crippen LogP) is -0.155. The lowest BCUT2D eigenvalue weighted by Gasteiger charge is -2.25. The van der Waals surface area contributed by atoms with Gasteiger partial charge in [0.15, 0.2) is 0 Å². The average Bonchev–Trinajstić information content (AvgIpc) is 2.84. The van der Waals surface area contributed by atoms with Gasteiger partial charge in [-0.2, -0.15) is 0 Å². The van der Waals surface area contributed by atoms with Crippen molar-refractivity contribution in [1.29, 1.82) is 0 Å². The van der Waals surface area contributed by atoms with Crippen molar-refractivity contribution in [2.75, 3.05) is 20.7 Å². The smallest absolute Gasteiger partial charge is 0.322 e. The number of carboxylic acids is 1. The standard InChI is InChI=1S/C15H19N3O7S/c1-15(13(21)16-14(22)17-15)10-8-9(4-5-11(10)25-3)26(23,24)18(2)7-6-12(19)20/h4-5,8H,6-7H2,1-3H3,(H,19,20)(H2,16,17,21,22). The van der Waals surface area contributed by atoms with Crippen molar-refractivity contribution in [1.82, 2.24) is 14.9 Å². The largest absolute Gasteiger partial charge is 0.496 e. The van der Waals surface area contributed by atoms with Gasteiger partial charge in [-0.15, -0.1) is 0 Å². The number of carbonyl (C=O) groups is 3. The van der Waals surface area contributed by atoms with Gasteiger partial charge in [-0.1, -0.05) is 0 Å². The maximum atomic E-state index is 12.7. The number of rotatable bonds is 7. The molecule has 1 heterocycles. The number of ether oxygens (including phenoxy) is 1. The molecular weight excluding hydrogens is 366 g/mol. The van der Waals surface area contributed by atoms with Crippen LogP contribution < -0.4 is 15.4 Å². The molecule has 0 aliphatic carbocycles. The van der Waals surface area contributed by atoms with Crippen LogP contribution in [0.1, 0.15) is 18.9 Å². The Morgan fingerprint density at radius 1 is 1.35 bits per heavy atom. The number of carboxylic acid groups (broad SMARTS) is 1. The maximum absolute atomic E-state index is 12.7. The van der Waals surface area contributed by atoms with Crippen LogP contribution in [0.4, 0.5) is 4.79 Å². The fourth-order valence-corrected chi connectivity index (χ4v) is 3.72. The summed E-state index contributed by atoms with van der Waals surface area (Å²) in [7, 11) is -1.39. The van der Waals surface area contributed by atoms with Gasteiger partial charge in [0, 0.05) is 19.2 Å². The first-order valence-corrected chi connectivity index (χ1v) is 8.96. The van der Waals surface area contributed by atoms with Gasteiger partial charge in [0.05, 0.1) is 18.4 Å². The first-order chi connectivity index (χ1) is 12.0. The molecule has 1 atom stereocenters. The molecule has 11 heteroatoms. The summed E-state index contributed by atoms with van der Waals surface area (Å²) in [4.78, 5) is 34.2. The normalized spacial score (nSPS) is 20.0. The van der Waals surface area contributed by atoms with E-state index in [4.69, 9.17) is 9.84 Å². The van der Waals surface area contributed by atoms with Gasteiger partial charge in [-0.05, 0) is 25.1 Å². The number of imide groups is 1. The molecule has 0 aromatic heterocycles. The van der Waals surface area contributed by atoms with Crippen LogP contribution in [0.15, 0.2) is 23.1 Å². The molecule has 1 aliphatic heterocycles. The summed E-state index contributed by atoms with van der Waals surface area (Å²) in [6.45, 7) is 1.21. The van der Waals surface area contributed by atoms with Crippen LogP contribution in [-0.2, 0) is 25.2 Å². The number of amides is 3. The Bertz CT molecular complexity index is 868. The van der Waals surface area contributed by atoms with E-state index in [1.54, 1.807) is 0 Å². The molecule has 1 aromatic carbocycles. The Balaban J connectivity index is 2.48. The Kier molecular flexibility index (Phi) is 5.23. The molecule has 0 saturated carbocycles. The van der Waals surface area contributed by atoms with E-state index in [0.717, 1.165) is 4.31 Å². The molecule has 142 valence electrons. The van der Waals surface area contributed by atoms with E-state index < -0.39 is 33.5 Å². The highest BCUT2D eigenvalue weighted by atomic mass is 32.2. The lowest BCUT2D eigenvalue weighted by molar-refractivity contribution is -0.137. The Morgan fingerprint density at radius 3 is 2.50 bits per heavy atom. The molecule has 3 amide bonds. The molecule has 2 rings (SSSR count). The minimum Gasteiger partial charge on any atom is -0.496 e. The van der Waals surface area contributed by atoms with Crippen LogP contribution in [-0.4, -0.2) is 56.4 Å². The molecule has 1 aliphatic rings. The monoisotopic (exact) mass is 385 g/mol. The minimum absolute atomic E-state index is 0.156. The Hall–Kier alpha value is -2.66. The zero-order valence-electron chi connectivity index (χ0n) is 14.4. The number of sulfonamides is 1. The lowest BCUT2D eigenvalue weighted by atomic mass is 9.91. The van der Waals surface area contributed by atoms with Gasteiger partial charge < -0.3 is 15.2 Å². The van der Waals surface area contributed by atoms with E-state index in [-0.39, 0.29) is 29.2 Å². The SMILES string of the molecule is COc1ccc(S(=O)(=O)N(C)CCC(=O)O)cc1C1(C)NC(=O)NC1=O. The molecule has 1 unspecified atom stereocenters. The van der Waals surface area contributed by atoms with E-state index in [9.17, 15) is 22.8 Å². The van der Waals surface area contributed by atoms with Gasteiger partial charge in [-0.3, -0.25) is 14.9 Å². The van der Waals surface area contributed by atoms with Crippen molar-refractivity contribution < 1.29 is 32.6 Å². The summed E-state index contributed by atoms with van der Waals surface area (Å²) in [5.41, 5.74) is -1.34. The van der Waals surface area contributed by atoms with Gasteiger partial charge in [0.2, 0.25) is 10.0 Å². The third-order valence-electron chi connectivity index (χ3n) is 4.10. The van der Waals surface area contributed by atoms with Crippen LogP contribution in [0, 0.1) is 0 Å². The number of aliphatic carboxylic acids is 1. The van der Waals surface area contributed by atoms with Crippen molar-refractivity contribution in [3.63, 3.8) is 0 Å². The molecule has 1 aromatic rings. The zero-order valence-corrected chi connectivity index (χ0v) is 15.2. The van der Waals surface area contributed by atoms with E-state index in [1.807, 2.05) is 0 Å². The van der Waals surface area contributed by atoms with Gasteiger partial charge in [-0.25, -0.2) is 17.5 Å². The molecule has 26 heavy (non-hydrogen) atoms. The Labute approximate surface area is 150 Å². The molecule has 1 fully saturated rings. The van der Waals surface area contributed by atoms with Gasteiger partial charge >= 0.3 is 12.0 Å². The minimum atomic E-state index is -4.00. The second-order valence-electron chi connectivity index (χ2n) is 5.87. The van der Waals surface area contributed by atoms with Crippen molar-refractivity contribution in [2.45, 2.75) is 23.8 Å². The van der Waals surface area contributed by atoms with E-state index in [1.165, 1.54) is 39.3 Å². The fraction of sp³-hybridized carbons (Fsp3) is 0.400. The number of urea groups is 1. The van der Waals surface area contributed by atoms with E-state index in [2.05, 4.69) is 10.6 Å². The first-order valence-electron chi connectivity index (χ1n) is 7.52. The zero-order chi connectivity index (χ0) is 19.7. The molecular formula is C15H19N3O7S. The first kappa shape index (κ1) is 19.7. The highest BCUT2D eigenvalue weighted by Crippen LogP contribution is 2.34. The molecule has 3 N–H and O–H groups in total. The number of hydrogen-bond donors (Lipinski definition) is 3. The number of carbonyl (C=O) groups excluding carboxylic acids is 2. The van der Waals surface area contributed by atoms with Crippen LogP contribution >= 0.6 is 0 Å². The maximum Gasteiger partial charge on any atom is 0.322 e. The summed E-state index contributed by atoms with van der Waals surface area (Å²) < 4.78 is 31.4. The average molecular weight is 385 g/mol. The summed E-state index contributed by atoms with van der Waals surface area (Å²) in [5, 5.41) is 13.3. The molecule has 0 bridgehead atoms. The predicted molar refractivity (Wildman–Crippen MR) is 89.1 cm³/mol. The highest BCUT2D eigenvalue weighted by Gasteiger charge is 2.45. The topological polar surface area (TPSA) is 142 Å². The number of hydrogen-bond acceptors (Lipinski definition) is 6. The fourth-order valence-electron chi connectivity index (χ4n) is 2.52. The van der Waals surface area contributed by atoms with Crippen LogP contribution in [0.3, 0.4) is 0 Å². The molecule has 10 nitrogen and oxygen atoms in total. The quantitative estimate of drug-likeness (QED) is 0.554. The van der Waals surface area contributed by atoms with Crippen molar-refractivity contribution in [3.05, 3.63) is 23.8 Å². The van der Waals surface area contributed by atoms with E-state index in [0.29, 0.717) is 0 Å². The van der Waals surface area contributed by atoms with Crippen LogP contribution in [0.25, 0.3) is 0 Å². The second-order valence-corrected chi connectivity index (χ2v) is 7.91. The summed E-state index contributed by atoms with van der Waals surface area (Å²) in [6, 6.07) is 3.19. The highest BCUT2D eigenvalue weighted by molar-refractivity contribution is 7.89. The summed E-state index contributed by atoms with van der Waals surface area (Å²) in [5.74, 6) is -1.55. The van der Waals surface area contributed by atoms with Gasteiger partial charge in [0.1, 0.15) is 11.3 Å². The third kappa shape index (κ3) is 3.48. The van der Waals surface area contributed by atoms with Crippen molar-refractivity contribution >= 4 is 27.9 Å². The number of methoxy groups -OCH3 is 1. The van der Waals surface area contributed by atoms with Crippen LogP contribution in [0.2, 0.25) is 0 Å². The number of nitrogens with zero attached hydrogens (tertiary/aromatic N) is 1. The molecule has 0 radical (unpaired) electrons.